The van der Waals surface area contributed by atoms with Gasteiger partial charge in [-0.2, -0.15) is 0 Å². The quantitative estimate of drug-likeness (QED) is 0.388. The van der Waals surface area contributed by atoms with Crippen LogP contribution in [0.15, 0.2) is 0 Å². The predicted octanol–water partition coefficient (Wildman–Crippen LogP) is 0.368. The number of carbonyl (C=O) groups is 1. The average molecular weight is 319 g/mol. The molecule has 0 spiro atoms. The summed E-state index contributed by atoms with van der Waals surface area (Å²) in [5, 5.41) is 3.30. The number of carbonyl (C=O) groups excluding carboxylic acids is 1. The molecular weight excluding hydrogens is 290 g/mol. The molecule has 0 atom stereocenters. The van der Waals surface area contributed by atoms with Crippen LogP contribution in [0.5, 0.6) is 0 Å². The van der Waals surface area contributed by atoms with E-state index in [4.69, 9.17) is 23.7 Å². The van der Waals surface area contributed by atoms with E-state index < -0.39 is 0 Å². The zero-order chi connectivity index (χ0) is 15.9. The molecule has 0 aliphatic carbocycles. The Hall–Kier alpha value is -0.730. The van der Waals surface area contributed by atoms with E-state index in [0.29, 0.717) is 52.4 Å². The van der Waals surface area contributed by atoms with E-state index >= 15 is 0 Å². The maximum Gasteiger partial charge on any atom is 0.332 e. The predicted molar refractivity (Wildman–Crippen MR) is 80.9 cm³/mol. The highest BCUT2D eigenvalue weighted by Gasteiger charge is 2.12. The largest absolute Gasteiger partial charge is 0.464 e. The molecule has 1 fully saturated rings. The van der Waals surface area contributed by atoms with Crippen LogP contribution in [0.4, 0.5) is 0 Å². The number of piperidine rings is 1. The van der Waals surface area contributed by atoms with Crippen molar-refractivity contribution < 1.29 is 28.5 Å². The Bertz CT molecular complexity index is 271. The van der Waals surface area contributed by atoms with Crippen LogP contribution in [0, 0.1) is 0 Å². The Labute approximate surface area is 132 Å². The van der Waals surface area contributed by atoms with Crippen LogP contribution in [-0.4, -0.2) is 78.0 Å². The molecule has 7 heteroatoms. The fourth-order valence-corrected chi connectivity index (χ4v) is 2.03. The van der Waals surface area contributed by atoms with Crippen molar-refractivity contribution in [1.82, 2.24) is 5.32 Å². The lowest BCUT2D eigenvalue weighted by Crippen LogP contribution is -2.33. The molecule has 7 nitrogen and oxygen atoms in total. The van der Waals surface area contributed by atoms with Gasteiger partial charge in [-0.3, -0.25) is 0 Å². The van der Waals surface area contributed by atoms with Gasteiger partial charge in [-0.1, -0.05) is 0 Å². The Balaban J connectivity index is 1.73. The average Bonchev–Trinajstić information content (AvgIpc) is 2.54. The summed E-state index contributed by atoms with van der Waals surface area (Å²) < 4.78 is 26.3. The molecule has 1 aliphatic rings. The molecule has 0 aromatic heterocycles. The van der Waals surface area contributed by atoms with Crippen molar-refractivity contribution >= 4 is 5.97 Å². The van der Waals surface area contributed by atoms with Crippen molar-refractivity contribution in [3.05, 3.63) is 0 Å². The molecule has 22 heavy (non-hydrogen) atoms. The van der Waals surface area contributed by atoms with E-state index in [1.807, 2.05) is 0 Å². The number of esters is 1. The van der Waals surface area contributed by atoms with Crippen molar-refractivity contribution in [3.8, 4) is 0 Å². The Morgan fingerprint density at radius 1 is 0.955 bits per heavy atom. The first-order chi connectivity index (χ1) is 10.8. The second kappa shape index (κ2) is 13.9. The van der Waals surface area contributed by atoms with E-state index in [9.17, 15) is 4.79 Å². The number of nitrogens with one attached hydrogen (secondary N) is 1. The van der Waals surface area contributed by atoms with Gasteiger partial charge in [0, 0.05) is 0 Å². The SMILES string of the molecule is CCOC(=O)COCCOCCOCCOC1CCNCC1. The van der Waals surface area contributed by atoms with Crippen molar-refractivity contribution in [2.75, 3.05) is 65.9 Å². The highest BCUT2D eigenvalue weighted by molar-refractivity contribution is 5.70. The van der Waals surface area contributed by atoms with Gasteiger partial charge in [0.05, 0.1) is 52.4 Å². The molecular formula is C15H29NO6. The van der Waals surface area contributed by atoms with Gasteiger partial charge in [-0.15, -0.1) is 0 Å². The van der Waals surface area contributed by atoms with Crippen LogP contribution >= 0.6 is 0 Å². The van der Waals surface area contributed by atoms with Gasteiger partial charge in [0.25, 0.3) is 0 Å². The molecule has 0 radical (unpaired) electrons. The van der Waals surface area contributed by atoms with E-state index in [-0.39, 0.29) is 12.6 Å². The zero-order valence-corrected chi connectivity index (χ0v) is 13.5. The van der Waals surface area contributed by atoms with Gasteiger partial charge in [0.2, 0.25) is 0 Å². The van der Waals surface area contributed by atoms with E-state index in [2.05, 4.69) is 5.32 Å². The number of hydrogen-bond donors (Lipinski definition) is 1. The zero-order valence-electron chi connectivity index (χ0n) is 13.5. The van der Waals surface area contributed by atoms with E-state index in [0.717, 1.165) is 25.9 Å². The molecule has 0 unspecified atom stereocenters. The first-order valence-corrected chi connectivity index (χ1v) is 8.04. The molecule has 0 aromatic rings. The summed E-state index contributed by atoms with van der Waals surface area (Å²) in [7, 11) is 0. The molecule has 1 rings (SSSR count). The van der Waals surface area contributed by atoms with E-state index in [1.165, 1.54) is 0 Å². The highest BCUT2D eigenvalue weighted by atomic mass is 16.6. The van der Waals surface area contributed by atoms with Crippen LogP contribution in [-0.2, 0) is 28.5 Å². The van der Waals surface area contributed by atoms with Crippen molar-refractivity contribution in [2.24, 2.45) is 0 Å². The smallest absolute Gasteiger partial charge is 0.332 e. The Morgan fingerprint density at radius 3 is 2.18 bits per heavy atom. The third-order valence-corrected chi connectivity index (χ3v) is 3.14. The maximum absolute atomic E-state index is 11.0. The summed E-state index contributed by atoms with van der Waals surface area (Å²) >= 11 is 0. The lowest BCUT2D eigenvalue weighted by atomic mass is 10.1. The lowest BCUT2D eigenvalue weighted by Gasteiger charge is -2.22. The standard InChI is InChI=1S/C15H29NO6/c1-2-21-15(17)13-20-10-9-18-7-8-19-11-12-22-14-3-5-16-6-4-14/h14,16H,2-13H2,1H3. The normalized spacial score (nSPS) is 15.9. The highest BCUT2D eigenvalue weighted by Crippen LogP contribution is 2.06. The summed E-state index contributed by atoms with van der Waals surface area (Å²) in [5.74, 6) is -0.348. The lowest BCUT2D eigenvalue weighted by molar-refractivity contribution is -0.149. The molecule has 0 amide bonds. The summed E-state index contributed by atoms with van der Waals surface area (Å²) in [6.07, 6.45) is 2.53. The summed E-state index contributed by atoms with van der Waals surface area (Å²) in [4.78, 5) is 11.0. The van der Waals surface area contributed by atoms with Gasteiger partial charge in [-0.05, 0) is 32.9 Å². The van der Waals surface area contributed by atoms with Gasteiger partial charge < -0.3 is 29.0 Å². The molecule has 0 bridgehead atoms. The molecule has 1 heterocycles. The summed E-state index contributed by atoms with van der Waals surface area (Å²) in [5.41, 5.74) is 0. The third-order valence-electron chi connectivity index (χ3n) is 3.14. The monoisotopic (exact) mass is 319 g/mol. The minimum absolute atomic E-state index is 0.0261. The fraction of sp³-hybridized carbons (Fsp3) is 0.933. The Morgan fingerprint density at radius 2 is 1.55 bits per heavy atom. The van der Waals surface area contributed by atoms with Crippen LogP contribution in [0.25, 0.3) is 0 Å². The van der Waals surface area contributed by atoms with Crippen molar-refractivity contribution in [3.63, 3.8) is 0 Å². The van der Waals surface area contributed by atoms with Gasteiger partial charge in [0.1, 0.15) is 6.61 Å². The number of hydrogen-bond acceptors (Lipinski definition) is 7. The van der Waals surface area contributed by atoms with Crippen LogP contribution in [0.1, 0.15) is 19.8 Å². The molecule has 0 saturated carbocycles. The molecule has 130 valence electrons. The summed E-state index contributed by atoms with van der Waals surface area (Å²) in [6.45, 7) is 7.27. The van der Waals surface area contributed by atoms with E-state index in [1.54, 1.807) is 6.92 Å². The van der Waals surface area contributed by atoms with Crippen molar-refractivity contribution in [2.45, 2.75) is 25.9 Å². The topological polar surface area (TPSA) is 75.3 Å². The first-order valence-electron chi connectivity index (χ1n) is 8.04. The molecule has 0 aromatic carbocycles. The fourth-order valence-electron chi connectivity index (χ4n) is 2.03. The number of rotatable bonds is 13. The Kier molecular flexibility index (Phi) is 12.2. The minimum Gasteiger partial charge on any atom is -0.464 e. The first kappa shape index (κ1) is 19.3. The molecule has 1 aliphatic heterocycles. The van der Waals surface area contributed by atoms with Crippen LogP contribution in [0.3, 0.4) is 0 Å². The van der Waals surface area contributed by atoms with Gasteiger partial charge >= 0.3 is 5.97 Å². The van der Waals surface area contributed by atoms with Crippen molar-refractivity contribution in [1.29, 1.82) is 0 Å². The van der Waals surface area contributed by atoms with Crippen LogP contribution in [0.2, 0.25) is 0 Å². The third kappa shape index (κ3) is 10.9. The molecule has 1 N–H and O–H groups in total. The number of ether oxygens (including phenoxy) is 5. The van der Waals surface area contributed by atoms with Gasteiger partial charge in [0.15, 0.2) is 0 Å². The second-order valence-corrected chi connectivity index (χ2v) is 4.90. The second-order valence-electron chi connectivity index (χ2n) is 4.90. The maximum atomic E-state index is 11.0. The van der Waals surface area contributed by atoms with Gasteiger partial charge in [-0.25, -0.2) is 4.79 Å². The van der Waals surface area contributed by atoms with Crippen LogP contribution < -0.4 is 5.32 Å². The molecule has 1 saturated heterocycles. The summed E-state index contributed by atoms with van der Waals surface area (Å²) in [6, 6.07) is 0. The minimum atomic E-state index is -0.348.